The third kappa shape index (κ3) is 2.46. The van der Waals surface area contributed by atoms with Crippen LogP contribution in [0.1, 0.15) is 19.6 Å². The van der Waals surface area contributed by atoms with Crippen LogP contribution in [0.25, 0.3) is 11.3 Å². The quantitative estimate of drug-likeness (QED) is 0.853. The van der Waals surface area contributed by atoms with Crippen molar-refractivity contribution in [1.29, 1.82) is 0 Å². The fourth-order valence-electron chi connectivity index (χ4n) is 1.44. The molecule has 2 aromatic rings. The lowest BCUT2D eigenvalue weighted by Gasteiger charge is -2.07. The molecule has 2 heterocycles. The Balaban J connectivity index is 2.19. The van der Waals surface area contributed by atoms with Gasteiger partial charge in [0.1, 0.15) is 5.76 Å². The summed E-state index contributed by atoms with van der Waals surface area (Å²) in [6.45, 7) is 4.91. The minimum Gasteiger partial charge on any atom is -0.467 e. The summed E-state index contributed by atoms with van der Waals surface area (Å²) < 4.78 is 5.44. The van der Waals surface area contributed by atoms with Crippen molar-refractivity contribution in [3.63, 3.8) is 0 Å². The molecule has 0 aliphatic carbocycles. The summed E-state index contributed by atoms with van der Waals surface area (Å²) >= 11 is 0. The Hall–Kier alpha value is -1.68. The van der Waals surface area contributed by atoms with Crippen LogP contribution in [-0.2, 0) is 6.54 Å². The SMILES string of the molecule is CC(C)NCc1occc1-c1cnccn1. The van der Waals surface area contributed by atoms with Gasteiger partial charge in [-0.15, -0.1) is 0 Å². The van der Waals surface area contributed by atoms with Crippen molar-refractivity contribution in [1.82, 2.24) is 15.3 Å². The summed E-state index contributed by atoms with van der Waals surface area (Å²) in [5.41, 5.74) is 1.85. The molecular formula is C12H15N3O. The first-order valence-electron chi connectivity index (χ1n) is 5.33. The predicted octanol–water partition coefficient (Wildman–Crippen LogP) is 2.23. The van der Waals surface area contributed by atoms with E-state index in [0.717, 1.165) is 17.0 Å². The van der Waals surface area contributed by atoms with Gasteiger partial charge in [0.2, 0.25) is 0 Å². The first kappa shape index (κ1) is 10.8. The van der Waals surface area contributed by atoms with Crippen molar-refractivity contribution < 1.29 is 4.42 Å². The van der Waals surface area contributed by atoms with Gasteiger partial charge in [-0.25, -0.2) is 0 Å². The molecule has 2 aromatic heterocycles. The number of rotatable bonds is 4. The van der Waals surface area contributed by atoms with E-state index in [1.165, 1.54) is 0 Å². The maximum atomic E-state index is 5.44. The number of aromatic nitrogens is 2. The lowest BCUT2D eigenvalue weighted by molar-refractivity contribution is 0.466. The van der Waals surface area contributed by atoms with Crippen LogP contribution in [0.3, 0.4) is 0 Å². The third-order valence-corrected chi connectivity index (χ3v) is 2.26. The van der Waals surface area contributed by atoms with Crippen LogP contribution >= 0.6 is 0 Å². The van der Waals surface area contributed by atoms with Crippen LogP contribution in [-0.4, -0.2) is 16.0 Å². The lowest BCUT2D eigenvalue weighted by atomic mass is 10.2. The van der Waals surface area contributed by atoms with Gasteiger partial charge in [0.15, 0.2) is 0 Å². The predicted molar refractivity (Wildman–Crippen MR) is 61.7 cm³/mol. The van der Waals surface area contributed by atoms with E-state index < -0.39 is 0 Å². The van der Waals surface area contributed by atoms with Crippen molar-refractivity contribution in [2.45, 2.75) is 26.4 Å². The average Bonchev–Trinajstić information content (AvgIpc) is 2.75. The summed E-state index contributed by atoms with van der Waals surface area (Å²) in [4.78, 5) is 8.31. The fourth-order valence-corrected chi connectivity index (χ4v) is 1.44. The lowest BCUT2D eigenvalue weighted by Crippen LogP contribution is -2.21. The number of furan rings is 1. The Kier molecular flexibility index (Phi) is 3.31. The van der Waals surface area contributed by atoms with E-state index in [-0.39, 0.29) is 0 Å². The van der Waals surface area contributed by atoms with Crippen molar-refractivity contribution in [2.24, 2.45) is 0 Å². The largest absolute Gasteiger partial charge is 0.467 e. The van der Waals surface area contributed by atoms with E-state index in [0.29, 0.717) is 12.6 Å². The van der Waals surface area contributed by atoms with Crippen molar-refractivity contribution in [3.8, 4) is 11.3 Å². The molecule has 2 rings (SSSR count). The zero-order valence-corrected chi connectivity index (χ0v) is 9.47. The molecule has 0 amide bonds. The summed E-state index contributed by atoms with van der Waals surface area (Å²) in [5, 5.41) is 3.32. The van der Waals surface area contributed by atoms with Crippen LogP contribution in [0, 0.1) is 0 Å². The summed E-state index contributed by atoms with van der Waals surface area (Å²) in [6.07, 6.45) is 6.77. The molecule has 1 N–H and O–H groups in total. The standard InChI is InChI=1S/C12H15N3O/c1-9(2)15-8-12-10(3-6-16-12)11-7-13-4-5-14-11/h3-7,9,15H,8H2,1-2H3. The van der Waals surface area contributed by atoms with Gasteiger partial charge in [0.25, 0.3) is 0 Å². The first-order valence-corrected chi connectivity index (χ1v) is 5.33. The molecule has 0 radical (unpaired) electrons. The monoisotopic (exact) mass is 217 g/mol. The highest BCUT2D eigenvalue weighted by molar-refractivity contribution is 5.59. The molecule has 0 unspecified atom stereocenters. The van der Waals surface area contributed by atoms with Crippen LogP contribution in [0.2, 0.25) is 0 Å². The van der Waals surface area contributed by atoms with Gasteiger partial charge in [-0.2, -0.15) is 0 Å². The van der Waals surface area contributed by atoms with E-state index in [1.54, 1.807) is 24.9 Å². The average molecular weight is 217 g/mol. The van der Waals surface area contributed by atoms with Gasteiger partial charge < -0.3 is 9.73 Å². The summed E-state index contributed by atoms with van der Waals surface area (Å²) in [6, 6.07) is 2.35. The summed E-state index contributed by atoms with van der Waals surface area (Å²) in [7, 11) is 0. The second-order valence-corrected chi connectivity index (χ2v) is 3.88. The van der Waals surface area contributed by atoms with Gasteiger partial charge in [-0.3, -0.25) is 9.97 Å². The van der Waals surface area contributed by atoms with E-state index in [9.17, 15) is 0 Å². The van der Waals surface area contributed by atoms with Crippen LogP contribution < -0.4 is 5.32 Å². The van der Waals surface area contributed by atoms with Crippen molar-refractivity contribution in [3.05, 3.63) is 36.7 Å². The molecule has 0 saturated heterocycles. The Bertz CT molecular complexity index is 437. The van der Waals surface area contributed by atoms with Gasteiger partial charge >= 0.3 is 0 Å². The fraction of sp³-hybridized carbons (Fsp3) is 0.333. The van der Waals surface area contributed by atoms with Crippen LogP contribution in [0.5, 0.6) is 0 Å². The third-order valence-electron chi connectivity index (χ3n) is 2.26. The molecular weight excluding hydrogens is 202 g/mol. The Morgan fingerprint density at radius 1 is 1.38 bits per heavy atom. The highest BCUT2D eigenvalue weighted by atomic mass is 16.3. The number of nitrogens with one attached hydrogen (secondary N) is 1. The smallest absolute Gasteiger partial charge is 0.126 e. The minimum atomic E-state index is 0.430. The normalized spacial score (nSPS) is 10.9. The van der Waals surface area contributed by atoms with E-state index in [4.69, 9.17) is 4.42 Å². The topological polar surface area (TPSA) is 51.0 Å². The molecule has 0 aromatic carbocycles. The molecule has 84 valence electrons. The Labute approximate surface area is 94.7 Å². The van der Waals surface area contributed by atoms with Crippen molar-refractivity contribution >= 4 is 0 Å². The van der Waals surface area contributed by atoms with E-state index in [1.807, 2.05) is 6.07 Å². The Morgan fingerprint density at radius 2 is 2.25 bits per heavy atom. The van der Waals surface area contributed by atoms with Gasteiger partial charge in [-0.05, 0) is 6.07 Å². The minimum absolute atomic E-state index is 0.430. The van der Waals surface area contributed by atoms with Crippen LogP contribution in [0.15, 0.2) is 35.3 Å². The molecule has 0 fully saturated rings. The number of hydrogen-bond acceptors (Lipinski definition) is 4. The van der Waals surface area contributed by atoms with Crippen molar-refractivity contribution in [2.75, 3.05) is 0 Å². The molecule has 0 aliphatic rings. The second kappa shape index (κ2) is 4.90. The van der Waals surface area contributed by atoms with E-state index >= 15 is 0 Å². The highest BCUT2D eigenvalue weighted by Gasteiger charge is 2.09. The molecule has 4 nitrogen and oxygen atoms in total. The maximum Gasteiger partial charge on any atom is 0.126 e. The molecule has 16 heavy (non-hydrogen) atoms. The molecule has 0 spiro atoms. The summed E-state index contributed by atoms with van der Waals surface area (Å²) in [5.74, 6) is 0.897. The molecule has 0 saturated carbocycles. The Morgan fingerprint density at radius 3 is 2.94 bits per heavy atom. The van der Waals surface area contributed by atoms with Gasteiger partial charge in [-0.1, -0.05) is 13.8 Å². The van der Waals surface area contributed by atoms with Gasteiger partial charge in [0, 0.05) is 24.0 Å². The first-order chi connectivity index (χ1) is 7.77. The number of nitrogens with zero attached hydrogens (tertiary/aromatic N) is 2. The highest BCUT2D eigenvalue weighted by Crippen LogP contribution is 2.21. The molecule has 4 heteroatoms. The zero-order chi connectivity index (χ0) is 11.4. The maximum absolute atomic E-state index is 5.44. The molecule has 0 bridgehead atoms. The van der Waals surface area contributed by atoms with Crippen LogP contribution in [0.4, 0.5) is 0 Å². The second-order valence-electron chi connectivity index (χ2n) is 3.88. The molecule has 0 atom stereocenters. The van der Waals surface area contributed by atoms with Gasteiger partial charge in [0.05, 0.1) is 24.7 Å². The number of hydrogen-bond donors (Lipinski definition) is 1. The van der Waals surface area contributed by atoms with E-state index in [2.05, 4.69) is 29.1 Å². The molecule has 0 aliphatic heterocycles. The zero-order valence-electron chi connectivity index (χ0n) is 9.47.